The number of benzene rings is 2. The van der Waals surface area contributed by atoms with Crippen LogP contribution >= 0.6 is 15.9 Å². The average molecular weight is 1120 g/mol. The van der Waals surface area contributed by atoms with Crippen LogP contribution in [0.4, 0.5) is 21.1 Å². The number of carbonyl (C=O) groups excluding carboxylic acids is 4. The van der Waals surface area contributed by atoms with E-state index in [2.05, 4.69) is 80.0 Å². The number of aliphatic carboxylic acids is 1. The van der Waals surface area contributed by atoms with E-state index in [0.717, 1.165) is 41.3 Å². The lowest BCUT2D eigenvalue weighted by Gasteiger charge is -2.32. The Kier molecular flexibility index (Phi) is 32.1. The molecule has 22 heteroatoms. The molecule has 0 spiro atoms. The summed E-state index contributed by atoms with van der Waals surface area (Å²) in [6.07, 6.45) is 4.83. The zero-order chi connectivity index (χ0) is 55.7. The molecular weight excluding hydrogens is 1040 g/mol. The number of morpholine rings is 1. The molecule has 2 saturated heterocycles. The van der Waals surface area contributed by atoms with E-state index in [0.29, 0.717) is 66.0 Å². The molecule has 5 rings (SSSR count). The topological polar surface area (TPSA) is 271 Å². The largest absolute Gasteiger partial charge is 0.489 e. The maximum Gasteiger partial charge on any atom is 0.410 e. The second-order valence-corrected chi connectivity index (χ2v) is 18.5. The van der Waals surface area contributed by atoms with E-state index in [-0.39, 0.29) is 63.9 Å². The van der Waals surface area contributed by atoms with Gasteiger partial charge < -0.3 is 64.4 Å². The normalized spacial score (nSPS) is 17.0. The first kappa shape index (κ1) is 65.2. The van der Waals surface area contributed by atoms with E-state index >= 15 is 0 Å². The number of anilines is 2. The summed E-state index contributed by atoms with van der Waals surface area (Å²) in [6.45, 7) is 20.0. The van der Waals surface area contributed by atoms with Gasteiger partial charge in [0.1, 0.15) is 43.7 Å². The van der Waals surface area contributed by atoms with E-state index in [1.807, 2.05) is 27.7 Å². The van der Waals surface area contributed by atoms with Crippen molar-refractivity contribution in [2.75, 3.05) is 57.1 Å². The minimum Gasteiger partial charge on any atom is -0.489 e. The lowest BCUT2D eigenvalue weighted by molar-refractivity contribution is -0.195. The fraction of sp³-hybridized carbons (Fsp3) is 0.585. The summed E-state index contributed by atoms with van der Waals surface area (Å²) in [7, 11) is 1.74. The van der Waals surface area contributed by atoms with Crippen molar-refractivity contribution < 1.29 is 62.7 Å². The van der Waals surface area contributed by atoms with E-state index in [4.69, 9.17) is 28.5 Å². The van der Waals surface area contributed by atoms with Crippen molar-refractivity contribution >= 4 is 63.4 Å². The fourth-order valence-corrected chi connectivity index (χ4v) is 6.90. The highest BCUT2D eigenvalue weighted by Gasteiger charge is 2.34. The Morgan fingerprint density at radius 1 is 1.01 bits per heavy atom. The van der Waals surface area contributed by atoms with Gasteiger partial charge in [-0.05, 0) is 88.4 Å². The number of hydrogen-bond donors (Lipinski definition) is 6. The third-order valence-electron chi connectivity index (χ3n) is 10.8. The number of aldehydes is 1. The summed E-state index contributed by atoms with van der Waals surface area (Å²) in [4.78, 5) is 74.8. The van der Waals surface area contributed by atoms with Crippen molar-refractivity contribution in [2.45, 2.75) is 151 Å². The third kappa shape index (κ3) is 25.9. The number of aliphatic hydroxyl groups excluding tert-OH is 1. The van der Waals surface area contributed by atoms with Crippen LogP contribution < -0.4 is 30.7 Å². The fourth-order valence-electron chi connectivity index (χ4n) is 6.56. The number of aliphatic hydroxyl groups is 1. The van der Waals surface area contributed by atoms with Crippen molar-refractivity contribution in [2.24, 2.45) is 11.1 Å². The average Bonchev–Trinajstić information content (AvgIpc) is 3.39. The number of halogens is 1. The quantitative estimate of drug-likeness (QED) is 0.0224. The number of nitrogens with one attached hydrogen (secondary N) is 4. The highest BCUT2D eigenvalue weighted by molar-refractivity contribution is 9.10. The summed E-state index contributed by atoms with van der Waals surface area (Å²) >= 11 is 3.50. The summed E-state index contributed by atoms with van der Waals surface area (Å²) < 4.78 is 29.9. The molecule has 2 fully saturated rings. The number of carbonyl (C=O) groups is 5. The number of carboxylic acids is 1. The first-order valence-electron chi connectivity index (χ1n) is 25.7. The molecule has 75 heavy (non-hydrogen) atoms. The number of hydrogen-bond acceptors (Lipinski definition) is 16. The first-order chi connectivity index (χ1) is 36.0. The minimum absolute atomic E-state index is 0.0554. The van der Waals surface area contributed by atoms with Gasteiger partial charge in [-0.25, -0.2) is 19.4 Å². The number of aromatic nitrogens is 2. The smallest absolute Gasteiger partial charge is 0.410 e. The Hall–Kier alpha value is -5.94. The molecule has 0 radical (unpaired) electrons. The first-order valence-corrected chi connectivity index (χ1v) is 26.4. The van der Waals surface area contributed by atoms with Crippen LogP contribution in [0.3, 0.4) is 0 Å². The van der Waals surface area contributed by atoms with E-state index in [9.17, 15) is 34.2 Å². The van der Waals surface area contributed by atoms with Crippen molar-refractivity contribution in [3.63, 3.8) is 0 Å². The second-order valence-electron chi connectivity index (χ2n) is 17.7. The zero-order valence-electron chi connectivity index (χ0n) is 45.4. The number of nitrogens with zero attached hydrogens (tertiary/aromatic N) is 4. The Labute approximate surface area is 450 Å². The van der Waals surface area contributed by atoms with Gasteiger partial charge in [0.15, 0.2) is 11.9 Å². The van der Waals surface area contributed by atoms with Gasteiger partial charge in [0.25, 0.3) is 0 Å². The molecule has 4 unspecified atom stereocenters. The van der Waals surface area contributed by atoms with Gasteiger partial charge in [0, 0.05) is 55.4 Å². The number of rotatable bonds is 23. The molecule has 0 aliphatic carbocycles. The minimum atomic E-state index is -1.23. The molecule has 6 N–H and O–H groups in total. The van der Waals surface area contributed by atoms with E-state index in [1.54, 1.807) is 50.5 Å². The van der Waals surface area contributed by atoms with Crippen LogP contribution in [0.2, 0.25) is 0 Å². The number of ether oxygens (including phenoxy) is 5. The van der Waals surface area contributed by atoms with Crippen LogP contribution in [0.25, 0.3) is 0 Å². The molecule has 2 aliphatic rings. The molecule has 3 aromatic rings. The lowest BCUT2D eigenvalue weighted by atomic mass is 10.1. The molecule has 4 atom stereocenters. The van der Waals surface area contributed by atoms with Gasteiger partial charge in [-0.1, -0.05) is 75.1 Å². The number of unbranched alkanes of at least 4 members (excludes halogenated alkanes) is 3. The zero-order valence-corrected chi connectivity index (χ0v) is 47.0. The molecule has 2 aliphatic heterocycles. The molecule has 0 saturated carbocycles. The van der Waals surface area contributed by atoms with Gasteiger partial charge >= 0.3 is 18.1 Å². The Balaban J connectivity index is 0.000000864. The Bertz CT molecular complexity index is 2220. The third-order valence-corrected chi connectivity index (χ3v) is 11.7. The standard InChI is InChI=1S/C37H46BrN7O11.C11H21NO2.C3H8.C2H6/c1-21-10-30(28(14-27(21)38)43-36(50)44-32-17-40-22(2)15-41-32)53-20-26-18-45(8-9-52-26)37(51)54-19-23-4-5-29(24(11-23)16-42-33(47)6-7-39-3)55-34-13-25(46)12-31(56-34)35(48)49;1-10(2)11(3)12-14-9-7-5-4-6-8-13;1-3-2;1-2/h4-5,10-11,14-15,17,25-26,31,34,39,46H,6-9,12-13,16,18-20H2,1-3H3,(H,42,47)(H,48,49)(H2,41,43,44,50);8,10H,4-7,9H2,1-3H3;3H2,1-2H3;1-2H3/b;12-11+;;. The van der Waals surface area contributed by atoms with E-state index in [1.165, 1.54) is 17.5 Å². The van der Waals surface area contributed by atoms with Crippen LogP contribution in [-0.4, -0.2) is 132 Å². The SMILES string of the molecule is C/C(=N\OCCCCCC=O)C(C)C.CC.CCC.CNCCC(=O)NCc1cc(COC(=O)N2CCOC(COc3cc(C)c(Br)cc3NC(=O)Nc3cnc(C)cn3)C2)ccc1OC1CC(O)CC(C(=O)O)O1. The number of amides is 4. The van der Waals surface area contributed by atoms with Gasteiger partial charge in [-0.3, -0.25) is 15.1 Å². The molecule has 21 nitrogen and oxygen atoms in total. The Morgan fingerprint density at radius 3 is 2.43 bits per heavy atom. The van der Waals surface area contributed by atoms with Crippen molar-refractivity contribution in [1.29, 1.82) is 0 Å². The maximum atomic E-state index is 13.2. The molecule has 3 heterocycles. The summed E-state index contributed by atoms with van der Waals surface area (Å²) in [6, 6.07) is 7.97. The summed E-state index contributed by atoms with van der Waals surface area (Å²) in [5, 5.41) is 34.8. The number of aryl methyl sites for hydroxylation is 2. The van der Waals surface area contributed by atoms with Crippen molar-refractivity contribution in [3.8, 4) is 11.5 Å². The summed E-state index contributed by atoms with van der Waals surface area (Å²) in [5.41, 5.74) is 4.15. The van der Waals surface area contributed by atoms with Gasteiger partial charge in [0.05, 0.1) is 48.7 Å². The predicted molar refractivity (Wildman–Crippen MR) is 290 cm³/mol. The molecule has 4 amide bonds. The van der Waals surface area contributed by atoms with Gasteiger partial charge in [-0.15, -0.1) is 0 Å². The van der Waals surface area contributed by atoms with Crippen LogP contribution in [0.15, 0.2) is 52.4 Å². The molecule has 2 aromatic carbocycles. The van der Waals surface area contributed by atoms with Crippen LogP contribution in [-0.2, 0) is 46.6 Å². The molecule has 1 aromatic heterocycles. The monoisotopic (exact) mass is 1120 g/mol. The lowest BCUT2D eigenvalue weighted by Crippen LogP contribution is -2.47. The van der Waals surface area contributed by atoms with Crippen molar-refractivity contribution in [3.05, 3.63) is 69.6 Å². The van der Waals surface area contributed by atoms with E-state index < -0.39 is 42.7 Å². The number of urea groups is 1. The van der Waals surface area contributed by atoms with Gasteiger partial charge in [0.2, 0.25) is 12.2 Å². The number of carboxylic acid groups (broad SMARTS) is 1. The highest BCUT2D eigenvalue weighted by Crippen LogP contribution is 2.32. The highest BCUT2D eigenvalue weighted by atomic mass is 79.9. The van der Waals surface area contributed by atoms with Gasteiger partial charge in [-0.2, -0.15) is 0 Å². The van der Waals surface area contributed by atoms with Crippen molar-refractivity contribution in [1.82, 2.24) is 25.5 Å². The predicted octanol–water partition coefficient (Wildman–Crippen LogP) is 8.71. The van der Waals surface area contributed by atoms with Crippen LogP contribution in [0.5, 0.6) is 11.5 Å². The Morgan fingerprint density at radius 2 is 1.76 bits per heavy atom. The maximum absolute atomic E-state index is 13.2. The van der Waals surface area contributed by atoms with Crippen LogP contribution in [0.1, 0.15) is 122 Å². The number of oxime groups is 1. The molecule has 418 valence electrons. The second kappa shape index (κ2) is 36.9. The molecule has 0 bridgehead atoms. The molecular formula is C53H81BrN8O13. The summed E-state index contributed by atoms with van der Waals surface area (Å²) in [5.74, 6) is 0.0322. The van der Waals surface area contributed by atoms with Crippen LogP contribution in [0, 0.1) is 19.8 Å².